The minimum Gasteiger partial charge on any atom is -0.321 e. The third-order valence-electron chi connectivity index (χ3n) is 4.98. The van der Waals surface area contributed by atoms with Crippen LogP contribution in [0.5, 0.6) is 0 Å². The number of nitrogens with zero attached hydrogens (tertiary/aromatic N) is 7. The third kappa shape index (κ3) is 2.43. The van der Waals surface area contributed by atoms with Gasteiger partial charge in [0.1, 0.15) is 17.2 Å². The van der Waals surface area contributed by atoms with Crippen LogP contribution in [0, 0.1) is 13.8 Å². The van der Waals surface area contributed by atoms with Gasteiger partial charge in [-0.3, -0.25) is 0 Å². The topological polar surface area (TPSA) is 63.2 Å². The monoisotopic (exact) mass is 341 g/mol. The minimum atomic E-state index is -0.0659. The smallest absolute Gasteiger partial charge is 0.321 e. The van der Waals surface area contributed by atoms with E-state index in [1.807, 2.05) is 23.5 Å². The van der Waals surface area contributed by atoms with Gasteiger partial charge in [-0.25, -0.2) is 20.3 Å². The van der Waals surface area contributed by atoms with Gasteiger partial charge in [-0.2, -0.15) is 5.10 Å². The molecule has 4 rings (SSSR count). The number of fused-ring (bicyclic) bond motifs is 2. The van der Waals surface area contributed by atoms with Crippen LogP contribution in [0.2, 0.25) is 0 Å². The Bertz CT molecular complexity index is 824. The maximum atomic E-state index is 4.81. The predicted molar refractivity (Wildman–Crippen MR) is 97.8 cm³/mol. The van der Waals surface area contributed by atoms with Crippen LogP contribution in [0.1, 0.15) is 31.7 Å². The number of rotatable bonds is 2. The molecule has 1 aromatic rings. The van der Waals surface area contributed by atoms with Crippen molar-refractivity contribution < 1.29 is 4.68 Å². The summed E-state index contributed by atoms with van der Waals surface area (Å²) in [5.41, 5.74) is 7.87. The van der Waals surface area contributed by atoms with Crippen LogP contribution < -0.4 is 15.0 Å². The van der Waals surface area contributed by atoms with Gasteiger partial charge in [-0.05, 0) is 33.8 Å². The fourth-order valence-electron chi connectivity index (χ4n) is 3.61. The Morgan fingerprint density at radius 1 is 1.16 bits per heavy atom. The van der Waals surface area contributed by atoms with Crippen LogP contribution in [0.25, 0.3) is 0 Å². The van der Waals surface area contributed by atoms with E-state index >= 15 is 0 Å². The Labute approximate surface area is 148 Å². The molecule has 0 amide bonds. The second-order valence-electron chi connectivity index (χ2n) is 7.01. The SMILES string of the molecule is CC1=CC(C)=N[C@H]2N(C)C(C[C@@H]3N[n+]4c(C)cc(C)nc4N3C)=NN12. The second kappa shape index (κ2) is 5.44. The molecule has 25 heavy (non-hydrogen) atoms. The number of aromatic nitrogens is 2. The van der Waals surface area contributed by atoms with E-state index < -0.39 is 0 Å². The van der Waals surface area contributed by atoms with E-state index in [1.165, 1.54) is 0 Å². The number of nitrogens with one attached hydrogen (secondary N) is 1. The summed E-state index contributed by atoms with van der Waals surface area (Å²) in [6.45, 7) is 8.22. The van der Waals surface area contributed by atoms with Crippen LogP contribution in [-0.4, -0.2) is 53.0 Å². The molecular formula is C17H25N8+. The van der Waals surface area contributed by atoms with E-state index in [-0.39, 0.29) is 12.5 Å². The molecule has 8 nitrogen and oxygen atoms in total. The molecule has 0 unspecified atom stereocenters. The van der Waals surface area contributed by atoms with Crippen LogP contribution in [0.4, 0.5) is 5.95 Å². The molecule has 0 saturated carbocycles. The predicted octanol–water partition coefficient (Wildman–Crippen LogP) is 0.918. The Hall–Kier alpha value is -2.64. The largest absolute Gasteiger partial charge is 0.418 e. The van der Waals surface area contributed by atoms with Gasteiger partial charge < -0.3 is 4.90 Å². The Morgan fingerprint density at radius 2 is 1.92 bits per heavy atom. The van der Waals surface area contributed by atoms with Crippen molar-refractivity contribution in [3.8, 4) is 0 Å². The zero-order valence-electron chi connectivity index (χ0n) is 15.6. The fraction of sp³-hybridized carbons (Fsp3) is 0.529. The van der Waals surface area contributed by atoms with Crippen molar-refractivity contribution in [2.75, 3.05) is 24.4 Å². The van der Waals surface area contributed by atoms with Gasteiger partial charge in [-0.15, -0.1) is 4.68 Å². The molecule has 0 fully saturated rings. The molecule has 4 heterocycles. The van der Waals surface area contributed by atoms with E-state index in [0.29, 0.717) is 0 Å². The van der Waals surface area contributed by atoms with E-state index in [1.54, 1.807) is 0 Å². The Kier molecular flexibility index (Phi) is 3.45. The van der Waals surface area contributed by atoms with Crippen molar-refractivity contribution in [3.05, 3.63) is 29.2 Å². The normalized spacial score (nSPS) is 24.6. The summed E-state index contributed by atoms with van der Waals surface area (Å²) in [5.74, 6) is 1.95. The molecule has 0 aliphatic carbocycles. The molecule has 3 aliphatic heterocycles. The molecule has 1 N–H and O–H groups in total. The Morgan fingerprint density at radius 3 is 2.68 bits per heavy atom. The van der Waals surface area contributed by atoms with Crippen molar-refractivity contribution in [1.82, 2.24) is 14.9 Å². The molecule has 8 heteroatoms. The molecule has 0 aromatic carbocycles. The van der Waals surface area contributed by atoms with Gasteiger partial charge in [0.05, 0.1) is 13.5 Å². The van der Waals surface area contributed by atoms with E-state index in [9.17, 15) is 0 Å². The number of aliphatic imine (C=N–C) groups is 1. The molecule has 0 bridgehead atoms. The highest BCUT2D eigenvalue weighted by Gasteiger charge is 2.41. The van der Waals surface area contributed by atoms with E-state index in [2.05, 4.69) is 60.3 Å². The van der Waals surface area contributed by atoms with Crippen molar-refractivity contribution in [2.24, 2.45) is 10.1 Å². The molecule has 0 radical (unpaired) electrons. The highest BCUT2D eigenvalue weighted by atomic mass is 15.7. The lowest BCUT2D eigenvalue weighted by molar-refractivity contribution is -0.638. The maximum absolute atomic E-state index is 4.81. The number of hydrazone groups is 1. The quantitative estimate of drug-likeness (QED) is 0.811. The lowest BCUT2D eigenvalue weighted by Crippen LogP contribution is -2.49. The highest BCUT2D eigenvalue weighted by Crippen LogP contribution is 2.27. The molecule has 1 aromatic heterocycles. The third-order valence-corrected chi connectivity index (χ3v) is 4.98. The standard InChI is InChI=1S/C17H25N8/c1-10-7-12(3)24-16(18-10)22(5)14(20-24)9-15-21-25-13(4)8-11(2)19-17(25)23(15)6/h7-8,14,17,20H,9H2,1-6H3/q+1/t14-,17+/m1/s1. The summed E-state index contributed by atoms with van der Waals surface area (Å²) in [4.78, 5) is 13.7. The van der Waals surface area contributed by atoms with E-state index in [4.69, 9.17) is 10.1 Å². The number of anilines is 1. The van der Waals surface area contributed by atoms with Crippen LogP contribution in [0.3, 0.4) is 0 Å². The second-order valence-corrected chi connectivity index (χ2v) is 7.01. The van der Waals surface area contributed by atoms with E-state index in [0.717, 1.165) is 41.0 Å². The van der Waals surface area contributed by atoms with Crippen molar-refractivity contribution in [2.45, 2.75) is 46.6 Å². The zero-order chi connectivity index (χ0) is 17.9. The van der Waals surface area contributed by atoms with Crippen molar-refractivity contribution >= 4 is 17.5 Å². The van der Waals surface area contributed by atoms with Crippen LogP contribution in [-0.2, 0) is 0 Å². The number of aryl methyl sites for hydroxylation is 2. The zero-order valence-corrected chi connectivity index (χ0v) is 15.6. The number of allylic oxidation sites excluding steroid dienone is 2. The van der Waals surface area contributed by atoms with Gasteiger partial charge in [0, 0.05) is 24.5 Å². The first kappa shape index (κ1) is 15.9. The average molecular weight is 341 g/mol. The average Bonchev–Trinajstić information content (AvgIpc) is 3.01. The van der Waals surface area contributed by atoms with Gasteiger partial charge in [0.15, 0.2) is 6.17 Å². The van der Waals surface area contributed by atoms with Crippen molar-refractivity contribution in [1.29, 1.82) is 0 Å². The lowest BCUT2D eigenvalue weighted by Gasteiger charge is -2.29. The molecule has 0 saturated heterocycles. The maximum Gasteiger partial charge on any atom is 0.418 e. The summed E-state index contributed by atoms with van der Waals surface area (Å²) < 4.78 is 2.05. The first-order valence-electron chi connectivity index (χ1n) is 8.57. The molecule has 132 valence electrons. The van der Waals surface area contributed by atoms with Gasteiger partial charge >= 0.3 is 5.95 Å². The molecule has 2 atom stereocenters. The summed E-state index contributed by atoms with van der Waals surface area (Å²) in [7, 11) is 4.13. The number of amidine groups is 1. The summed E-state index contributed by atoms with van der Waals surface area (Å²) in [5, 5.41) is 6.80. The molecule has 3 aliphatic rings. The highest BCUT2D eigenvalue weighted by molar-refractivity contribution is 5.95. The lowest BCUT2D eigenvalue weighted by atomic mass is 10.2. The number of hydrogen-bond acceptors (Lipinski definition) is 7. The summed E-state index contributed by atoms with van der Waals surface area (Å²) in [6.07, 6.45) is 2.87. The van der Waals surface area contributed by atoms with Crippen LogP contribution in [0.15, 0.2) is 27.9 Å². The summed E-state index contributed by atoms with van der Waals surface area (Å²) >= 11 is 0. The van der Waals surface area contributed by atoms with Crippen LogP contribution >= 0.6 is 0 Å². The first-order chi connectivity index (χ1) is 11.8. The Balaban J connectivity index is 1.57. The summed E-state index contributed by atoms with van der Waals surface area (Å²) in [6, 6.07) is 2.08. The molecular weight excluding hydrogens is 316 g/mol. The minimum absolute atomic E-state index is 0.0659. The van der Waals surface area contributed by atoms with Gasteiger partial charge in [0.25, 0.3) is 0 Å². The fourth-order valence-corrected chi connectivity index (χ4v) is 3.61. The van der Waals surface area contributed by atoms with Gasteiger partial charge in [-0.1, -0.05) is 4.98 Å². The first-order valence-corrected chi connectivity index (χ1v) is 8.57. The number of hydrogen-bond donors (Lipinski definition) is 1. The van der Waals surface area contributed by atoms with Gasteiger partial charge in [0.2, 0.25) is 6.29 Å². The molecule has 0 spiro atoms. The van der Waals surface area contributed by atoms with Crippen molar-refractivity contribution in [3.63, 3.8) is 0 Å².